The van der Waals surface area contributed by atoms with Gasteiger partial charge in [-0.05, 0) is 32.0 Å². The van der Waals surface area contributed by atoms with Gasteiger partial charge in [-0.3, -0.25) is 14.2 Å². The molecule has 0 saturated carbocycles. The summed E-state index contributed by atoms with van der Waals surface area (Å²) in [6.45, 7) is 3.15. The van der Waals surface area contributed by atoms with Gasteiger partial charge in [0.05, 0.1) is 11.0 Å². The Balaban J connectivity index is 2.44. The molecule has 1 aromatic carbocycles. The number of aromatic nitrogens is 2. The highest BCUT2D eigenvalue weighted by Gasteiger charge is 2.21. The molecule has 1 amide bonds. The summed E-state index contributed by atoms with van der Waals surface area (Å²) in [6, 6.07) is 4.58. The molecule has 1 heterocycles. The maximum Gasteiger partial charge on any atom is 0.326 e. The minimum absolute atomic E-state index is 0.237. The number of fused-ring (bicyclic) bond motifs is 1. The maximum absolute atomic E-state index is 12.4. The minimum Gasteiger partial charge on any atom is -0.480 e. The third-order valence-corrected chi connectivity index (χ3v) is 3.34. The Hall–Kier alpha value is -2.57. The van der Waals surface area contributed by atoms with Gasteiger partial charge >= 0.3 is 11.7 Å². The van der Waals surface area contributed by atoms with Crippen LogP contribution in [0.4, 0.5) is 0 Å². The number of carbonyl (C=O) groups is 2. The van der Waals surface area contributed by atoms with Gasteiger partial charge in [-0.1, -0.05) is 0 Å². The molecule has 7 nitrogen and oxygen atoms in total. The van der Waals surface area contributed by atoms with Crippen molar-refractivity contribution in [3.63, 3.8) is 0 Å². The highest BCUT2D eigenvalue weighted by Crippen LogP contribution is 2.15. The van der Waals surface area contributed by atoms with Gasteiger partial charge in [0.25, 0.3) is 5.91 Å². The lowest BCUT2D eigenvalue weighted by Gasteiger charge is -2.24. The first-order valence-electron chi connectivity index (χ1n) is 6.52. The monoisotopic (exact) mass is 291 g/mol. The number of aryl methyl sites for hydroxylation is 1. The normalized spacial score (nSPS) is 11.0. The third kappa shape index (κ3) is 2.81. The van der Waals surface area contributed by atoms with Crippen molar-refractivity contribution in [2.45, 2.75) is 19.9 Å². The third-order valence-electron chi connectivity index (χ3n) is 3.34. The summed E-state index contributed by atoms with van der Waals surface area (Å²) in [5, 5.41) is 8.90. The number of benzene rings is 1. The number of aliphatic carboxylic acids is 1. The zero-order chi connectivity index (χ0) is 15.7. The average molecular weight is 291 g/mol. The number of H-pyrrole nitrogens is 1. The summed E-state index contributed by atoms with van der Waals surface area (Å²) in [6.07, 6.45) is 0. The van der Waals surface area contributed by atoms with Crippen LogP contribution in [-0.2, 0) is 11.8 Å². The van der Waals surface area contributed by atoms with E-state index in [1.165, 1.54) is 9.47 Å². The maximum atomic E-state index is 12.4. The standard InChI is InChI=1S/C14H17N3O4/c1-8(2)17(7-12(18)19)13(20)9-4-5-10-11(6-9)16(3)14(21)15-10/h4-6,8H,7H2,1-3H3,(H,15,21)(H,18,19). The van der Waals surface area contributed by atoms with Crippen molar-refractivity contribution in [2.24, 2.45) is 7.05 Å². The van der Waals surface area contributed by atoms with E-state index in [1.807, 2.05) is 0 Å². The summed E-state index contributed by atoms with van der Waals surface area (Å²) in [4.78, 5) is 38.8. The fourth-order valence-corrected chi connectivity index (χ4v) is 2.16. The number of nitrogens with one attached hydrogen (secondary N) is 1. The molecule has 0 aliphatic heterocycles. The van der Waals surface area contributed by atoms with Gasteiger partial charge in [0, 0.05) is 18.7 Å². The van der Waals surface area contributed by atoms with Gasteiger partial charge in [0.2, 0.25) is 0 Å². The van der Waals surface area contributed by atoms with Crippen LogP contribution in [0.25, 0.3) is 11.0 Å². The number of amides is 1. The van der Waals surface area contributed by atoms with E-state index in [0.717, 1.165) is 0 Å². The largest absolute Gasteiger partial charge is 0.480 e. The summed E-state index contributed by atoms with van der Waals surface area (Å²) in [5.41, 5.74) is 1.33. The van der Waals surface area contributed by atoms with E-state index < -0.39 is 5.97 Å². The van der Waals surface area contributed by atoms with Crippen LogP contribution in [0, 0.1) is 0 Å². The molecule has 2 rings (SSSR count). The van der Waals surface area contributed by atoms with Crippen molar-refractivity contribution in [3.05, 3.63) is 34.2 Å². The van der Waals surface area contributed by atoms with E-state index in [2.05, 4.69) is 4.98 Å². The molecule has 1 aromatic heterocycles. The van der Waals surface area contributed by atoms with Crippen LogP contribution in [-0.4, -0.2) is 44.0 Å². The van der Waals surface area contributed by atoms with Crippen LogP contribution in [0.1, 0.15) is 24.2 Å². The van der Waals surface area contributed by atoms with Crippen molar-refractivity contribution in [1.29, 1.82) is 0 Å². The van der Waals surface area contributed by atoms with Gasteiger partial charge in [0.15, 0.2) is 0 Å². The molecular formula is C14H17N3O4. The molecule has 0 saturated heterocycles. The molecule has 0 bridgehead atoms. The fourth-order valence-electron chi connectivity index (χ4n) is 2.16. The van der Waals surface area contributed by atoms with Gasteiger partial charge in [-0.15, -0.1) is 0 Å². The quantitative estimate of drug-likeness (QED) is 0.871. The number of rotatable bonds is 4. The van der Waals surface area contributed by atoms with E-state index in [4.69, 9.17) is 5.11 Å². The molecule has 0 spiro atoms. The Kier molecular flexibility index (Phi) is 3.84. The number of nitrogens with zero attached hydrogens (tertiary/aromatic N) is 2. The van der Waals surface area contributed by atoms with E-state index in [-0.39, 0.29) is 24.2 Å². The van der Waals surface area contributed by atoms with Crippen molar-refractivity contribution in [2.75, 3.05) is 6.54 Å². The molecule has 0 fully saturated rings. The molecule has 0 aliphatic carbocycles. The summed E-state index contributed by atoms with van der Waals surface area (Å²) < 4.78 is 1.41. The van der Waals surface area contributed by atoms with Crippen LogP contribution >= 0.6 is 0 Å². The molecule has 0 atom stereocenters. The molecule has 2 aromatic rings. The Labute approximate surface area is 120 Å². The Morgan fingerprint density at radius 3 is 2.62 bits per heavy atom. The number of hydrogen-bond donors (Lipinski definition) is 2. The van der Waals surface area contributed by atoms with E-state index in [0.29, 0.717) is 16.6 Å². The smallest absolute Gasteiger partial charge is 0.326 e. The Morgan fingerprint density at radius 2 is 2.05 bits per heavy atom. The summed E-state index contributed by atoms with van der Waals surface area (Å²) in [7, 11) is 1.60. The highest BCUT2D eigenvalue weighted by molar-refractivity contribution is 5.98. The van der Waals surface area contributed by atoms with E-state index in [9.17, 15) is 14.4 Å². The molecular weight excluding hydrogens is 274 g/mol. The summed E-state index contributed by atoms with van der Waals surface area (Å²) in [5.74, 6) is -1.44. The van der Waals surface area contributed by atoms with Crippen molar-refractivity contribution < 1.29 is 14.7 Å². The van der Waals surface area contributed by atoms with E-state index >= 15 is 0 Å². The first-order chi connectivity index (χ1) is 9.81. The molecule has 21 heavy (non-hydrogen) atoms. The second kappa shape index (κ2) is 5.43. The zero-order valence-corrected chi connectivity index (χ0v) is 12.1. The molecule has 7 heteroatoms. The number of aromatic amines is 1. The van der Waals surface area contributed by atoms with Crippen LogP contribution in [0.3, 0.4) is 0 Å². The Morgan fingerprint density at radius 1 is 1.38 bits per heavy atom. The first-order valence-corrected chi connectivity index (χ1v) is 6.52. The molecule has 0 aliphatic rings. The minimum atomic E-state index is -1.06. The second-order valence-electron chi connectivity index (χ2n) is 5.14. The summed E-state index contributed by atoms with van der Waals surface area (Å²) >= 11 is 0. The van der Waals surface area contributed by atoms with Gasteiger partial charge in [-0.2, -0.15) is 0 Å². The predicted octanol–water partition coefficient (Wildman–Crippen LogP) is 0.802. The van der Waals surface area contributed by atoms with Gasteiger partial charge < -0.3 is 15.0 Å². The number of hydrogen-bond acceptors (Lipinski definition) is 3. The SMILES string of the molecule is CC(C)N(CC(=O)O)C(=O)c1ccc2[nH]c(=O)n(C)c2c1. The number of carboxylic acid groups (broad SMARTS) is 1. The first kappa shape index (κ1) is 14.8. The predicted molar refractivity (Wildman–Crippen MR) is 77.3 cm³/mol. The van der Waals surface area contributed by atoms with Crippen molar-refractivity contribution in [1.82, 2.24) is 14.5 Å². The Bertz CT molecular complexity index is 757. The van der Waals surface area contributed by atoms with Gasteiger partial charge in [0.1, 0.15) is 6.54 Å². The topological polar surface area (TPSA) is 95.4 Å². The van der Waals surface area contributed by atoms with Crippen LogP contribution in [0.5, 0.6) is 0 Å². The lowest BCUT2D eigenvalue weighted by atomic mass is 10.1. The van der Waals surface area contributed by atoms with Crippen molar-refractivity contribution in [3.8, 4) is 0 Å². The fraction of sp³-hybridized carbons (Fsp3) is 0.357. The average Bonchev–Trinajstić information content (AvgIpc) is 2.70. The van der Waals surface area contributed by atoms with Crippen LogP contribution in [0.2, 0.25) is 0 Å². The molecule has 112 valence electrons. The molecule has 0 radical (unpaired) electrons. The van der Waals surface area contributed by atoms with E-state index in [1.54, 1.807) is 39.1 Å². The van der Waals surface area contributed by atoms with Crippen molar-refractivity contribution >= 4 is 22.9 Å². The molecule has 0 unspecified atom stereocenters. The second-order valence-corrected chi connectivity index (χ2v) is 5.14. The zero-order valence-electron chi connectivity index (χ0n) is 12.1. The number of carbonyl (C=O) groups excluding carboxylic acids is 1. The lowest BCUT2D eigenvalue weighted by molar-refractivity contribution is -0.138. The molecule has 2 N–H and O–H groups in total. The number of carboxylic acids is 1. The number of imidazole rings is 1. The van der Waals surface area contributed by atoms with Gasteiger partial charge in [-0.25, -0.2) is 4.79 Å². The highest BCUT2D eigenvalue weighted by atomic mass is 16.4. The van der Waals surface area contributed by atoms with Crippen LogP contribution < -0.4 is 5.69 Å². The lowest BCUT2D eigenvalue weighted by Crippen LogP contribution is -2.40. The van der Waals surface area contributed by atoms with Crippen LogP contribution in [0.15, 0.2) is 23.0 Å².